The summed E-state index contributed by atoms with van der Waals surface area (Å²) in [6, 6.07) is 4.60. The maximum absolute atomic E-state index is 12.8. The van der Waals surface area contributed by atoms with Crippen molar-refractivity contribution < 1.29 is 81.7 Å². The summed E-state index contributed by atoms with van der Waals surface area (Å²) in [6.45, 7) is 17.7. The van der Waals surface area contributed by atoms with E-state index in [-0.39, 0.29) is 64.7 Å². The number of epoxide rings is 1. The Morgan fingerprint density at radius 2 is 0.862 bits per heavy atom. The van der Waals surface area contributed by atoms with E-state index in [9.17, 15) is 43.8 Å². The first-order valence-electron chi connectivity index (χ1n) is 31.7. The van der Waals surface area contributed by atoms with E-state index in [1.807, 2.05) is 0 Å². The van der Waals surface area contributed by atoms with Crippen LogP contribution in [-0.2, 0) is 139 Å². The van der Waals surface area contributed by atoms with Crippen LogP contribution in [0.5, 0.6) is 0 Å². The van der Waals surface area contributed by atoms with Gasteiger partial charge < -0.3 is 48.1 Å². The lowest BCUT2D eigenvalue weighted by Crippen LogP contribution is -2.35. The highest BCUT2D eigenvalue weighted by molar-refractivity contribution is 5.91. The van der Waals surface area contributed by atoms with Gasteiger partial charge in [0.05, 0.1) is 77.2 Å². The Kier molecular flexibility index (Phi) is 27.4. The summed E-state index contributed by atoms with van der Waals surface area (Å²) in [6.07, 6.45) is 12.0. The van der Waals surface area contributed by atoms with Crippen molar-refractivity contribution >= 4 is 53.4 Å². The molecule has 0 saturated carbocycles. The highest BCUT2D eigenvalue weighted by atomic mass is 16.6. The number of hydrogen-bond acceptors (Lipinski definition) is 25. The van der Waals surface area contributed by atoms with Gasteiger partial charge in [-0.2, -0.15) is 20.4 Å². The zero-order valence-corrected chi connectivity index (χ0v) is 54.8. The average molecular weight is 1310 g/mol. The largest absolute Gasteiger partial charge is 0.464 e. The van der Waals surface area contributed by atoms with Crippen molar-refractivity contribution in [3.8, 4) is 0 Å². The van der Waals surface area contributed by atoms with E-state index >= 15 is 0 Å². The van der Waals surface area contributed by atoms with E-state index in [2.05, 4.69) is 82.0 Å². The summed E-state index contributed by atoms with van der Waals surface area (Å²) in [5.41, 5.74) is 11.9. The minimum atomic E-state index is -1.18. The van der Waals surface area contributed by atoms with Crippen molar-refractivity contribution in [1.29, 1.82) is 0 Å². The van der Waals surface area contributed by atoms with Crippen LogP contribution in [0.15, 0.2) is 37.4 Å². The molecule has 2 aromatic carbocycles. The fraction of sp³-hybridized carbons (Fsp3) is 0.571. The van der Waals surface area contributed by atoms with Gasteiger partial charge in [0.1, 0.15) is 48.6 Å². The molecular formula is C63H86N14O17. The van der Waals surface area contributed by atoms with Gasteiger partial charge in [0.2, 0.25) is 12.2 Å². The number of aliphatic hydroxyl groups excluding tert-OH is 2. The first-order chi connectivity index (χ1) is 45.2. The maximum atomic E-state index is 12.8. The monoisotopic (exact) mass is 1310 g/mol. The number of anilines is 2. The molecule has 1 saturated heterocycles. The molecule has 6 aromatic rings. The SMILES string of the molecule is CCOC(=O)[C@@H](Cn1cnc(C)n1)OC(=O)Nc1c2c(cc3c1CCC3)CCC2.CCOC(=O)[C@@H](Cn1ncnc1C)OC(=O)Nc1c2c(cc3c1CCC3)CCC2.CCOC(=O)[C@H](O)Cn1cnc(C)n1.CCOC(=O)[C@H](O)Cn1ncnc1C.CCOC(=O)[C@H]1CO1. The Hall–Kier alpha value is -9.23. The molecule has 0 bridgehead atoms. The molecule has 5 atom stereocenters. The Morgan fingerprint density at radius 3 is 1.21 bits per heavy atom. The van der Waals surface area contributed by atoms with Crippen LogP contribution >= 0.6 is 0 Å². The third-order valence-corrected chi connectivity index (χ3v) is 15.3. The van der Waals surface area contributed by atoms with Crippen molar-refractivity contribution in [1.82, 2.24) is 59.1 Å². The molecule has 4 aromatic heterocycles. The van der Waals surface area contributed by atoms with Crippen molar-refractivity contribution in [2.24, 2.45) is 0 Å². The van der Waals surface area contributed by atoms with Crippen LogP contribution < -0.4 is 10.6 Å². The molecule has 31 heteroatoms. The summed E-state index contributed by atoms with van der Waals surface area (Å²) in [5, 5.41) is 40.6. The normalized spacial score (nSPS) is 15.4. The quantitative estimate of drug-likeness (QED) is 0.0414. The van der Waals surface area contributed by atoms with E-state index in [0.717, 1.165) is 88.4 Å². The Balaban J connectivity index is 0.000000178. The zero-order valence-electron chi connectivity index (χ0n) is 54.8. The highest BCUT2D eigenvalue weighted by Crippen LogP contribution is 2.40. The molecule has 0 radical (unpaired) electrons. The molecule has 4 aliphatic carbocycles. The lowest BCUT2D eigenvalue weighted by Gasteiger charge is -2.19. The molecule has 0 spiro atoms. The summed E-state index contributed by atoms with van der Waals surface area (Å²) < 4.78 is 45.5. The van der Waals surface area contributed by atoms with Crippen molar-refractivity contribution in [2.45, 2.75) is 196 Å². The summed E-state index contributed by atoms with van der Waals surface area (Å²) in [7, 11) is 0. The molecule has 2 amide bonds. The first-order valence-corrected chi connectivity index (χ1v) is 31.7. The molecule has 510 valence electrons. The van der Waals surface area contributed by atoms with Crippen molar-refractivity contribution in [2.75, 3.05) is 50.3 Å². The van der Waals surface area contributed by atoms with Gasteiger partial charge in [0.15, 0.2) is 18.3 Å². The summed E-state index contributed by atoms with van der Waals surface area (Å²) >= 11 is 0. The summed E-state index contributed by atoms with van der Waals surface area (Å²) in [4.78, 5) is 98.5. The van der Waals surface area contributed by atoms with Gasteiger partial charge in [0, 0.05) is 0 Å². The number of rotatable bonds is 22. The van der Waals surface area contributed by atoms with Crippen LogP contribution in [0.3, 0.4) is 0 Å². The van der Waals surface area contributed by atoms with Crippen LogP contribution in [0.1, 0.15) is 128 Å². The van der Waals surface area contributed by atoms with Crippen LogP contribution in [0.25, 0.3) is 0 Å². The number of hydrogen-bond donors (Lipinski definition) is 4. The van der Waals surface area contributed by atoms with E-state index in [4.69, 9.17) is 18.9 Å². The number of esters is 5. The number of amides is 2. The highest BCUT2D eigenvalue weighted by Gasteiger charge is 2.34. The van der Waals surface area contributed by atoms with Gasteiger partial charge in [0.25, 0.3) is 0 Å². The summed E-state index contributed by atoms with van der Waals surface area (Å²) in [5.74, 6) is -0.250. The number of fused-ring (bicyclic) bond motifs is 4. The number of aliphatic hydroxyl groups is 2. The van der Waals surface area contributed by atoms with Gasteiger partial charge >= 0.3 is 42.0 Å². The molecule has 11 rings (SSSR count). The Morgan fingerprint density at radius 1 is 0.500 bits per heavy atom. The number of aryl methyl sites for hydroxylation is 8. The minimum Gasteiger partial charge on any atom is -0.464 e. The molecule has 5 heterocycles. The first kappa shape index (κ1) is 72.2. The van der Waals surface area contributed by atoms with Crippen LogP contribution in [0.2, 0.25) is 0 Å². The molecular weight excluding hydrogens is 1220 g/mol. The molecule has 31 nitrogen and oxygen atoms in total. The maximum Gasteiger partial charge on any atom is 0.412 e. The van der Waals surface area contributed by atoms with Gasteiger partial charge in [-0.05, 0) is 184 Å². The second-order valence-electron chi connectivity index (χ2n) is 22.1. The zero-order chi connectivity index (χ0) is 67.8. The van der Waals surface area contributed by atoms with Gasteiger partial charge in [-0.25, -0.2) is 72.2 Å². The Bertz CT molecular complexity index is 3470. The van der Waals surface area contributed by atoms with Crippen molar-refractivity contribution in [3.05, 3.63) is 105 Å². The average Bonchev–Trinajstić information content (AvgIpc) is 1.60. The smallest absolute Gasteiger partial charge is 0.412 e. The lowest BCUT2D eigenvalue weighted by molar-refractivity contribution is -0.154. The van der Waals surface area contributed by atoms with Crippen LogP contribution in [0, 0.1) is 27.7 Å². The number of ether oxygens (including phenoxy) is 8. The standard InChI is InChI=1S/2C21H26N4O4.2C8H13N3O3.C5H8O3/c1-3-28-20(26)18(11-25-12-22-13(2)24-25)29-21(27)23-19-16-8-4-6-14(16)10-15-7-5-9-17(15)19;1-3-28-20(26)18(11-25-13(2)22-12-23-25)29-21(27)24-19-16-8-4-6-14(16)10-15-7-5-9-17(15)19;1-3-14-8(13)7(12)4-11-5-9-6(2)10-11;1-3-14-8(13)7(12)4-11-6(2)9-5-10-11;1-2-7-5(6)4-3-8-4/h10,12,18H,3-9,11H2,1-2H3,(H,23,27);10,12,18H,3-9,11H2,1-2H3,(H,24,27);2*5,7,12H,3-4H2,1-2H3;4H,2-3H2,1H3/t2*18-;2*7-;4-/m11111/s1. The predicted molar refractivity (Wildman–Crippen MR) is 333 cm³/mol. The second kappa shape index (κ2) is 35.7. The molecule has 1 aliphatic heterocycles. The Labute approximate surface area is 543 Å². The van der Waals surface area contributed by atoms with Crippen LogP contribution in [0.4, 0.5) is 21.0 Å². The van der Waals surface area contributed by atoms with Gasteiger partial charge in [-0.1, -0.05) is 12.1 Å². The molecule has 94 heavy (non-hydrogen) atoms. The van der Waals surface area contributed by atoms with Gasteiger partial charge in [-0.3, -0.25) is 10.6 Å². The number of aromatic nitrogens is 12. The molecule has 0 unspecified atom stereocenters. The number of nitrogens with zero attached hydrogens (tertiary/aromatic N) is 12. The van der Waals surface area contributed by atoms with E-state index < -0.39 is 60.5 Å². The number of carbonyl (C=O) groups is 7. The topological polar surface area (TPSA) is 384 Å². The predicted octanol–water partition coefficient (Wildman–Crippen LogP) is 4.46. The van der Waals surface area contributed by atoms with Gasteiger partial charge in [-0.15, -0.1) is 0 Å². The molecule has 4 N–H and O–H groups in total. The fourth-order valence-corrected chi connectivity index (χ4v) is 10.9. The van der Waals surface area contributed by atoms with Crippen molar-refractivity contribution in [3.63, 3.8) is 0 Å². The van der Waals surface area contributed by atoms with Crippen LogP contribution in [-0.4, -0.2) is 181 Å². The fourth-order valence-electron chi connectivity index (χ4n) is 10.9. The second-order valence-corrected chi connectivity index (χ2v) is 22.1. The third-order valence-electron chi connectivity index (χ3n) is 15.3. The molecule has 5 aliphatic rings. The number of nitrogens with one attached hydrogen (secondary N) is 2. The van der Waals surface area contributed by atoms with E-state index in [1.165, 1.54) is 88.5 Å². The number of carbonyl (C=O) groups excluding carboxylic acids is 7. The number of benzene rings is 2. The lowest BCUT2D eigenvalue weighted by atomic mass is 9.99. The van der Waals surface area contributed by atoms with E-state index in [0.29, 0.717) is 36.5 Å². The minimum absolute atomic E-state index is 0.0537. The third kappa shape index (κ3) is 20.9. The van der Waals surface area contributed by atoms with E-state index in [1.54, 1.807) is 62.3 Å². The molecule has 1 fully saturated rings.